The third-order valence-corrected chi connectivity index (χ3v) is 1.82. The van der Waals surface area contributed by atoms with Gasteiger partial charge in [-0.15, -0.1) is 0 Å². The number of carbonyl (C=O) groups is 1. The predicted octanol–water partition coefficient (Wildman–Crippen LogP) is 0.511. The van der Waals surface area contributed by atoms with Crippen molar-refractivity contribution in [1.82, 2.24) is 10.6 Å². The minimum Gasteiger partial charge on any atom is -0.358 e. The van der Waals surface area contributed by atoms with Crippen LogP contribution in [0.2, 0.25) is 0 Å². The lowest BCUT2D eigenvalue weighted by Gasteiger charge is -2.13. The van der Waals surface area contributed by atoms with Gasteiger partial charge in [0.05, 0.1) is 6.54 Å². The monoisotopic (exact) mass is 158 g/mol. The summed E-state index contributed by atoms with van der Waals surface area (Å²) >= 11 is 0. The molecule has 1 amide bonds. The summed E-state index contributed by atoms with van der Waals surface area (Å²) in [4.78, 5) is 10.8. The average molecular weight is 158 g/mol. The summed E-state index contributed by atoms with van der Waals surface area (Å²) in [5.74, 6) is 0.0527. The fraction of sp³-hybridized carbons (Fsp3) is 0.875. The zero-order chi connectivity index (χ0) is 8.69. The molecule has 0 aromatic rings. The lowest BCUT2D eigenvalue weighted by molar-refractivity contribution is -0.119. The van der Waals surface area contributed by atoms with Crippen LogP contribution in [-0.4, -0.2) is 25.5 Å². The first-order valence-electron chi connectivity index (χ1n) is 4.18. The van der Waals surface area contributed by atoms with Crippen LogP contribution in [0.25, 0.3) is 0 Å². The number of amides is 1. The van der Waals surface area contributed by atoms with E-state index in [0.29, 0.717) is 12.6 Å². The smallest absolute Gasteiger partial charge is 0.233 e. The molecule has 0 fully saturated rings. The Morgan fingerprint density at radius 3 is 2.27 bits per heavy atom. The minimum absolute atomic E-state index is 0.0527. The Kier molecular flexibility index (Phi) is 5.84. The van der Waals surface area contributed by atoms with Gasteiger partial charge in [-0.3, -0.25) is 4.79 Å². The van der Waals surface area contributed by atoms with Crippen LogP contribution in [0.5, 0.6) is 0 Å². The third-order valence-electron chi connectivity index (χ3n) is 1.82. The van der Waals surface area contributed by atoms with Crippen molar-refractivity contribution in [1.29, 1.82) is 0 Å². The van der Waals surface area contributed by atoms with Crippen molar-refractivity contribution >= 4 is 5.91 Å². The average Bonchev–Trinajstić information content (AvgIpc) is 2.06. The molecule has 0 aromatic carbocycles. The molecule has 3 nitrogen and oxygen atoms in total. The molecule has 0 heterocycles. The van der Waals surface area contributed by atoms with Crippen LogP contribution in [0.15, 0.2) is 0 Å². The topological polar surface area (TPSA) is 41.1 Å². The van der Waals surface area contributed by atoms with E-state index < -0.39 is 0 Å². The third kappa shape index (κ3) is 4.79. The number of hydrogen-bond acceptors (Lipinski definition) is 2. The Bertz CT molecular complexity index is 111. The molecule has 0 aliphatic heterocycles. The van der Waals surface area contributed by atoms with Gasteiger partial charge in [0.2, 0.25) is 5.91 Å². The van der Waals surface area contributed by atoms with Gasteiger partial charge in [0.15, 0.2) is 0 Å². The van der Waals surface area contributed by atoms with E-state index in [9.17, 15) is 4.79 Å². The van der Waals surface area contributed by atoms with Gasteiger partial charge >= 0.3 is 0 Å². The summed E-state index contributed by atoms with van der Waals surface area (Å²) in [5, 5.41) is 5.72. The fourth-order valence-corrected chi connectivity index (χ4v) is 0.903. The van der Waals surface area contributed by atoms with Gasteiger partial charge in [0.25, 0.3) is 0 Å². The summed E-state index contributed by atoms with van der Waals surface area (Å²) in [6.07, 6.45) is 2.15. The molecular weight excluding hydrogens is 140 g/mol. The molecule has 0 radical (unpaired) electrons. The van der Waals surface area contributed by atoms with Gasteiger partial charge in [-0.2, -0.15) is 0 Å². The second-order valence-corrected chi connectivity index (χ2v) is 2.57. The highest BCUT2D eigenvalue weighted by atomic mass is 16.1. The maximum atomic E-state index is 10.8. The first kappa shape index (κ1) is 10.4. The maximum absolute atomic E-state index is 10.8. The summed E-state index contributed by atoms with van der Waals surface area (Å²) < 4.78 is 0. The van der Waals surface area contributed by atoms with Crippen molar-refractivity contribution in [2.75, 3.05) is 13.6 Å². The second kappa shape index (κ2) is 6.16. The standard InChI is InChI=1S/C8H18N2O/c1-4-7(5-2)10-6-8(11)9-3/h7,10H,4-6H2,1-3H3,(H,9,11). The molecule has 66 valence electrons. The van der Waals surface area contributed by atoms with Crippen LogP contribution >= 0.6 is 0 Å². The van der Waals surface area contributed by atoms with E-state index in [-0.39, 0.29) is 5.91 Å². The zero-order valence-corrected chi connectivity index (χ0v) is 7.61. The Hall–Kier alpha value is -0.570. The molecule has 0 unspecified atom stereocenters. The van der Waals surface area contributed by atoms with Crippen LogP contribution in [0.1, 0.15) is 26.7 Å². The van der Waals surface area contributed by atoms with Crippen molar-refractivity contribution in [3.63, 3.8) is 0 Å². The first-order chi connectivity index (χ1) is 5.24. The first-order valence-corrected chi connectivity index (χ1v) is 4.18. The molecule has 0 atom stereocenters. The van der Waals surface area contributed by atoms with Gasteiger partial charge in [-0.05, 0) is 12.8 Å². The molecule has 0 aromatic heterocycles. The van der Waals surface area contributed by atoms with Crippen LogP contribution in [0, 0.1) is 0 Å². The SMILES string of the molecule is CCC(CC)NCC(=O)NC. The summed E-state index contributed by atoms with van der Waals surface area (Å²) in [6, 6.07) is 0.479. The molecule has 0 saturated carbocycles. The number of carbonyl (C=O) groups excluding carboxylic acids is 1. The Morgan fingerprint density at radius 1 is 1.36 bits per heavy atom. The highest BCUT2D eigenvalue weighted by Crippen LogP contribution is 1.94. The van der Waals surface area contributed by atoms with E-state index >= 15 is 0 Å². The van der Waals surface area contributed by atoms with Crippen molar-refractivity contribution < 1.29 is 4.79 Å². The van der Waals surface area contributed by atoms with E-state index in [2.05, 4.69) is 24.5 Å². The van der Waals surface area contributed by atoms with Crippen LogP contribution in [0.4, 0.5) is 0 Å². The Labute approximate surface area is 68.6 Å². The van der Waals surface area contributed by atoms with Gasteiger partial charge < -0.3 is 10.6 Å². The van der Waals surface area contributed by atoms with Crippen molar-refractivity contribution in [3.05, 3.63) is 0 Å². The molecule has 0 aliphatic carbocycles. The summed E-state index contributed by atoms with van der Waals surface area (Å²) in [6.45, 7) is 4.67. The van der Waals surface area contributed by atoms with Crippen molar-refractivity contribution in [3.8, 4) is 0 Å². The Balaban J connectivity index is 3.42. The molecule has 3 heteroatoms. The highest BCUT2D eigenvalue weighted by molar-refractivity contribution is 5.77. The van der Waals surface area contributed by atoms with E-state index in [1.54, 1.807) is 7.05 Å². The predicted molar refractivity (Wildman–Crippen MR) is 46.4 cm³/mol. The molecule has 0 rings (SSSR count). The number of hydrogen-bond donors (Lipinski definition) is 2. The number of rotatable bonds is 5. The van der Waals surface area contributed by atoms with E-state index in [1.807, 2.05) is 0 Å². The minimum atomic E-state index is 0.0527. The zero-order valence-electron chi connectivity index (χ0n) is 7.61. The largest absolute Gasteiger partial charge is 0.358 e. The van der Waals surface area contributed by atoms with Crippen LogP contribution in [0.3, 0.4) is 0 Å². The van der Waals surface area contributed by atoms with Gasteiger partial charge in [0, 0.05) is 13.1 Å². The van der Waals surface area contributed by atoms with E-state index in [1.165, 1.54) is 0 Å². The normalized spacial score (nSPS) is 10.2. The second-order valence-electron chi connectivity index (χ2n) is 2.57. The highest BCUT2D eigenvalue weighted by Gasteiger charge is 2.03. The fourth-order valence-electron chi connectivity index (χ4n) is 0.903. The lowest BCUT2D eigenvalue weighted by atomic mass is 10.2. The van der Waals surface area contributed by atoms with Gasteiger partial charge in [-0.1, -0.05) is 13.8 Å². The van der Waals surface area contributed by atoms with Gasteiger partial charge in [-0.25, -0.2) is 0 Å². The maximum Gasteiger partial charge on any atom is 0.233 e. The quantitative estimate of drug-likeness (QED) is 0.612. The molecular formula is C8H18N2O. The molecule has 0 aliphatic rings. The van der Waals surface area contributed by atoms with Gasteiger partial charge in [0.1, 0.15) is 0 Å². The number of nitrogens with one attached hydrogen (secondary N) is 2. The molecule has 2 N–H and O–H groups in total. The van der Waals surface area contributed by atoms with E-state index in [0.717, 1.165) is 12.8 Å². The molecule has 11 heavy (non-hydrogen) atoms. The van der Waals surface area contributed by atoms with Crippen molar-refractivity contribution in [2.24, 2.45) is 0 Å². The lowest BCUT2D eigenvalue weighted by Crippen LogP contribution is -2.37. The number of likely N-dealkylation sites (N-methyl/N-ethyl adjacent to an activating group) is 1. The molecule has 0 spiro atoms. The van der Waals surface area contributed by atoms with E-state index in [4.69, 9.17) is 0 Å². The summed E-state index contributed by atoms with van der Waals surface area (Å²) in [7, 11) is 1.65. The van der Waals surface area contributed by atoms with Crippen LogP contribution < -0.4 is 10.6 Å². The Morgan fingerprint density at radius 2 is 1.91 bits per heavy atom. The molecule has 0 bridgehead atoms. The summed E-state index contributed by atoms with van der Waals surface area (Å²) in [5.41, 5.74) is 0. The van der Waals surface area contributed by atoms with Crippen molar-refractivity contribution in [2.45, 2.75) is 32.7 Å². The molecule has 0 saturated heterocycles. The van der Waals surface area contributed by atoms with Crippen LogP contribution in [-0.2, 0) is 4.79 Å².